The molecular formula is C59H88O6. The van der Waals surface area contributed by atoms with Crippen LogP contribution in [-0.2, 0) is 28.6 Å². The second-order valence-corrected chi connectivity index (χ2v) is 15.6. The number of rotatable bonds is 42. The predicted octanol–water partition coefficient (Wildman–Crippen LogP) is 16.6. The lowest BCUT2D eigenvalue weighted by Gasteiger charge is -2.18. The highest BCUT2D eigenvalue weighted by molar-refractivity contribution is 5.71. The van der Waals surface area contributed by atoms with Gasteiger partial charge in [-0.1, -0.05) is 192 Å². The first kappa shape index (κ1) is 60.0. The van der Waals surface area contributed by atoms with E-state index in [4.69, 9.17) is 14.2 Å². The third-order valence-corrected chi connectivity index (χ3v) is 9.51. The molecule has 0 aromatic rings. The minimum absolute atomic E-state index is 0.157. The Morgan fingerprint density at radius 1 is 0.323 bits per heavy atom. The maximum atomic E-state index is 12.8. The molecule has 0 amide bonds. The fourth-order valence-corrected chi connectivity index (χ4v) is 5.83. The highest BCUT2D eigenvalue weighted by atomic mass is 16.6. The van der Waals surface area contributed by atoms with Gasteiger partial charge in [-0.15, -0.1) is 0 Å². The fourth-order valence-electron chi connectivity index (χ4n) is 5.83. The van der Waals surface area contributed by atoms with Crippen LogP contribution in [0.5, 0.6) is 0 Å². The maximum absolute atomic E-state index is 12.8. The number of unbranched alkanes of at least 4 members (excludes halogenated alkanes) is 5. The van der Waals surface area contributed by atoms with Crippen LogP contribution in [0.3, 0.4) is 0 Å². The lowest BCUT2D eigenvalue weighted by molar-refractivity contribution is -0.166. The predicted molar refractivity (Wildman–Crippen MR) is 278 cm³/mol. The van der Waals surface area contributed by atoms with Crippen LogP contribution in [0.15, 0.2) is 158 Å². The summed E-state index contributed by atoms with van der Waals surface area (Å²) in [6, 6.07) is 0. The van der Waals surface area contributed by atoms with E-state index in [1.165, 1.54) is 25.7 Å². The summed E-state index contributed by atoms with van der Waals surface area (Å²) in [5.41, 5.74) is 0. The molecular weight excluding hydrogens is 805 g/mol. The van der Waals surface area contributed by atoms with E-state index < -0.39 is 18.0 Å². The van der Waals surface area contributed by atoms with Crippen molar-refractivity contribution in [2.45, 2.75) is 181 Å². The Balaban J connectivity index is 4.66. The van der Waals surface area contributed by atoms with Crippen LogP contribution in [0.2, 0.25) is 0 Å². The molecule has 0 aliphatic heterocycles. The van der Waals surface area contributed by atoms with Crippen molar-refractivity contribution in [3.05, 3.63) is 158 Å². The summed E-state index contributed by atoms with van der Waals surface area (Å²) in [6.45, 7) is 6.18. The molecule has 0 aliphatic carbocycles. The van der Waals surface area contributed by atoms with E-state index in [1.807, 2.05) is 12.2 Å². The van der Waals surface area contributed by atoms with Crippen LogP contribution in [0.25, 0.3) is 0 Å². The van der Waals surface area contributed by atoms with Crippen molar-refractivity contribution >= 4 is 17.9 Å². The van der Waals surface area contributed by atoms with Crippen molar-refractivity contribution in [2.75, 3.05) is 13.2 Å². The molecule has 0 aliphatic rings. The third kappa shape index (κ3) is 49.9. The van der Waals surface area contributed by atoms with E-state index in [1.54, 1.807) is 0 Å². The van der Waals surface area contributed by atoms with E-state index in [9.17, 15) is 14.4 Å². The number of ether oxygens (including phenoxy) is 3. The van der Waals surface area contributed by atoms with E-state index in [0.717, 1.165) is 89.9 Å². The first-order valence-electron chi connectivity index (χ1n) is 25.0. The zero-order valence-electron chi connectivity index (χ0n) is 40.9. The average molecular weight is 893 g/mol. The molecule has 0 aromatic carbocycles. The monoisotopic (exact) mass is 893 g/mol. The number of carbonyl (C=O) groups is 3. The molecule has 360 valence electrons. The highest BCUT2D eigenvalue weighted by Gasteiger charge is 2.19. The van der Waals surface area contributed by atoms with Gasteiger partial charge in [0, 0.05) is 19.3 Å². The van der Waals surface area contributed by atoms with Crippen LogP contribution in [0.1, 0.15) is 175 Å². The Kier molecular flexibility index (Phi) is 47.7. The summed E-state index contributed by atoms with van der Waals surface area (Å²) < 4.78 is 16.6. The summed E-state index contributed by atoms with van der Waals surface area (Å²) in [7, 11) is 0. The number of allylic oxidation sites excluding steroid dienone is 26. The van der Waals surface area contributed by atoms with Crippen molar-refractivity contribution in [2.24, 2.45) is 0 Å². The van der Waals surface area contributed by atoms with Gasteiger partial charge in [-0.05, 0) is 122 Å². The molecule has 0 spiro atoms. The summed E-state index contributed by atoms with van der Waals surface area (Å²) in [4.78, 5) is 37.8. The molecule has 0 fully saturated rings. The molecule has 6 heteroatoms. The van der Waals surface area contributed by atoms with Gasteiger partial charge in [-0.25, -0.2) is 0 Å². The van der Waals surface area contributed by atoms with Crippen molar-refractivity contribution < 1.29 is 28.6 Å². The Labute approximate surface area is 397 Å². The van der Waals surface area contributed by atoms with Crippen LogP contribution in [-0.4, -0.2) is 37.2 Å². The van der Waals surface area contributed by atoms with Crippen molar-refractivity contribution in [1.82, 2.24) is 0 Å². The molecule has 0 rings (SSSR count). The van der Waals surface area contributed by atoms with Gasteiger partial charge in [0.1, 0.15) is 13.2 Å². The zero-order valence-corrected chi connectivity index (χ0v) is 40.9. The standard InChI is InChI=1S/C59H88O6/c1-4-7-10-13-16-19-22-24-26-28-29-31-32-34-37-40-43-46-49-52-58(61)64-55-56(54-63-57(60)51-48-45-42-39-36-21-18-15-12-9-6-3)65-59(62)53-50-47-44-41-38-35-33-30-27-25-23-20-17-14-11-8-5-2/h7,9-10,12,16-21,24-27,29,31,33-35,37,39,41-44,46,56H,4-6,8,11,13-15,22-23,28,30,32,36,38,40,45,47-55H2,1-3H3/b10-7-,12-9-,19-16-,20-17-,21-18-,26-24-,27-25-,31-29-,35-33-,37-34-,42-39-,44-41-,46-43-. The Bertz CT molecular complexity index is 1540. The zero-order chi connectivity index (χ0) is 47.2. The smallest absolute Gasteiger partial charge is 0.306 e. The summed E-state index contributed by atoms with van der Waals surface area (Å²) in [6.07, 6.45) is 75.4. The molecule has 0 saturated heterocycles. The van der Waals surface area contributed by atoms with Gasteiger partial charge in [-0.3, -0.25) is 14.4 Å². The fraction of sp³-hybridized carbons (Fsp3) is 0.508. The summed E-state index contributed by atoms with van der Waals surface area (Å²) in [5, 5.41) is 0. The normalized spacial score (nSPS) is 13.5. The lowest BCUT2D eigenvalue weighted by atomic mass is 10.2. The van der Waals surface area contributed by atoms with Gasteiger partial charge in [0.05, 0.1) is 0 Å². The molecule has 1 atom stereocenters. The van der Waals surface area contributed by atoms with Gasteiger partial charge in [0.2, 0.25) is 0 Å². The first-order valence-corrected chi connectivity index (χ1v) is 25.0. The molecule has 0 saturated carbocycles. The molecule has 0 N–H and O–H groups in total. The number of carbonyl (C=O) groups excluding carboxylic acids is 3. The molecule has 0 radical (unpaired) electrons. The maximum Gasteiger partial charge on any atom is 0.306 e. The van der Waals surface area contributed by atoms with Crippen LogP contribution >= 0.6 is 0 Å². The van der Waals surface area contributed by atoms with Crippen LogP contribution < -0.4 is 0 Å². The minimum Gasteiger partial charge on any atom is -0.462 e. The molecule has 65 heavy (non-hydrogen) atoms. The average Bonchev–Trinajstić information content (AvgIpc) is 3.30. The highest BCUT2D eigenvalue weighted by Crippen LogP contribution is 2.08. The number of hydrogen-bond donors (Lipinski definition) is 0. The van der Waals surface area contributed by atoms with Gasteiger partial charge >= 0.3 is 17.9 Å². The third-order valence-electron chi connectivity index (χ3n) is 9.51. The molecule has 0 bridgehead atoms. The largest absolute Gasteiger partial charge is 0.462 e. The van der Waals surface area contributed by atoms with Crippen molar-refractivity contribution in [3.63, 3.8) is 0 Å². The molecule has 0 heterocycles. The van der Waals surface area contributed by atoms with E-state index in [2.05, 4.69) is 167 Å². The lowest BCUT2D eigenvalue weighted by Crippen LogP contribution is -2.30. The second kappa shape index (κ2) is 51.7. The Morgan fingerprint density at radius 2 is 0.615 bits per heavy atom. The van der Waals surface area contributed by atoms with E-state index >= 15 is 0 Å². The van der Waals surface area contributed by atoms with Crippen molar-refractivity contribution in [3.8, 4) is 0 Å². The first-order chi connectivity index (χ1) is 32.0. The van der Waals surface area contributed by atoms with E-state index in [-0.39, 0.29) is 38.4 Å². The molecule has 6 nitrogen and oxygen atoms in total. The van der Waals surface area contributed by atoms with E-state index in [0.29, 0.717) is 19.3 Å². The summed E-state index contributed by atoms with van der Waals surface area (Å²) in [5.74, 6) is -1.17. The number of hydrogen-bond acceptors (Lipinski definition) is 6. The van der Waals surface area contributed by atoms with Gasteiger partial charge < -0.3 is 14.2 Å². The van der Waals surface area contributed by atoms with Crippen molar-refractivity contribution in [1.29, 1.82) is 0 Å². The quantitative estimate of drug-likeness (QED) is 0.0263. The minimum atomic E-state index is -0.864. The van der Waals surface area contributed by atoms with Gasteiger partial charge in [-0.2, -0.15) is 0 Å². The van der Waals surface area contributed by atoms with Crippen LogP contribution in [0, 0.1) is 0 Å². The number of esters is 3. The van der Waals surface area contributed by atoms with Crippen LogP contribution in [0.4, 0.5) is 0 Å². The SMILES string of the molecule is CC/C=C\C/C=C\C/C=C\C/C=C\C/C=C\C/C=C\CCC(=O)OCC(COC(=O)CCC/C=C\C/C=C\C/C=C\CC)OC(=O)CCC/C=C\C/C=C\C/C=C\C/C=C\CCCCC. The summed E-state index contributed by atoms with van der Waals surface area (Å²) >= 11 is 0. The van der Waals surface area contributed by atoms with Gasteiger partial charge in [0.25, 0.3) is 0 Å². The molecule has 0 aromatic heterocycles. The Morgan fingerprint density at radius 3 is 0.969 bits per heavy atom. The van der Waals surface area contributed by atoms with Gasteiger partial charge in [0.15, 0.2) is 6.10 Å². The topological polar surface area (TPSA) is 78.9 Å². The Hall–Kier alpha value is -4.97. The molecule has 1 unspecified atom stereocenters. The second-order valence-electron chi connectivity index (χ2n) is 15.6.